The van der Waals surface area contributed by atoms with E-state index in [1.807, 2.05) is 26.0 Å². The Morgan fingerprint density at radius 2 is 2.00 bits per heavy atom. The van der Waals surface area contributed by atoms with Gasteiger partial charge in [-0.05, 0) is 15.5 Å². The molecule has 1 heterocycles. The Hall–Kier alpha value is -1.08. The largest absolute Gasteiger partial charge is 0.399 e. The predicted molar refractivity (Wildman–Crippen MR) is 73.0 cm³/mol. The topological polar surface area (TPSA) is 24.8 Å². The van der Waals surface area contributed by atoms with E-state index in [1.165, 1.54) is 5.69 Å². The van der Waals surface area contributed by atoms with Crippen LogP contribution in [0.3, 0.4) is 0 Å². The van der Waals surface area contributed by atoms with E-state index in [0.717, 1.165) is 24.2 Å². The number of fused-ring (bicyclic) bond motifs is 1. The van der Waals surface area contributed by atoms with Crippen molar-refractivity contribution in [1.29, 1.82) is 0 Å². The lowest BCUT2D eigenvalue weighted by molar-refractivity contribution is 0.213. The Morgan fingerprint density at radius 3 is 2.69 bits per heavy atom. The number of hydrogen-bond acceptors (Lipinski definition) is 3. The first-order valence-corrected chi connectivity index (χ1v) is 6.06. The molecule has 0 bridgehead atoms. The molecule has 0 amide bonds. The molecular weight excluding hydrogens is 219 g/mol. The molecule has 1 atom stereocenters. The van der Waals surface area contributed by atoms with E-state index in [-0.39, 0.29) is 0 Å². The Balaban J connectivity index is 0.000000606. The van der Waals surface area contributed by atoms with Crippen LogP contribution in [0, 0.1) is 0 Å². The Kier molecular flexibility index (Phi) is 5.27. The second kappa shape index (κ2) is 6.49. The van der Waals surface area contributed by atoms with Gasteiger partial charge in [0.2, 0.25) is 0 Å². The third-order valence-corrected chi connectivity index (χ3v) is 2.85. The number of nitrogens with zero attached hydrogens (tertiary/aromatic N) is 2. The summed E-state index contributed by atoms with van der Waals surface area (Å²) in [5.74, 6) is 0. The summed E-state index contributed by atoms with van der Waals surface area (Å²) in [7, 11) is 4.31. The fourth-order valence-corrected chi connectivity index (χ4v) is 2.01. The van der Waals surface area contributed by atoms with Crippen LogP contribution < -0.4 is 4.67 Å². The molecule has 88 valence electrons. The van der Waals surface area contributed by atoms with Gasteiger partial charge in [-0.1, -0.05) is 37.2 Å². The Bertz CT molecular complexity index is 366. The van der Waals surface area contributed by atoms with Crippen molar-refractivity contribution in [1.82, 2.24) is 0 Å². The minimum atomic E-state index is 0.925. The van der Waals surface area contributed by atoms with Crippen LogP contribution in [0.1, 0.15) is 25.8 Å². The second-order valence-corrected chi connectivity index (χ2v) is 3.80. The molecule has 1 unspecified atom stereocenters. The molecule has 1 aromatic rings. The average molecular weight is 238 g/mol. The number of hydrogen-bond donors (Lipinski definition) is 0. The van der Waals surface area contributed by atoms with Gasteiger partial charge in [0.05, 0.1) is 5.71 Å². The van der Waals surface area contributed by atoms with Crippen molar-refractivity contribution in [3.8, 4) is 0 Å². The van der Waals surface area contributed by atoms with Crippen LogP contribution in [-0.2, 0) is 4.84 Å². The maximum Gasteiger partial charge on any atom is 0.106 e. The maximum absolute atomic E-state index is 4.84. The molecule has 0 spiro atoms. The standard InChI is InChI=1S/C10H13N2OP.C2H6/c1-13-11-9-6-7-12(14)10-5-3-2-4-8(9)10;1-2/h2-5H,6-7,14H2,1H3;1-2H3/b11-9-;. The van der Waals surface area contributed by atoms with Gasteiger partial charge in [-0.25, -0.2) is 0 Å². The molecule has 2 rings (SSSR count). The summed E-state index contributed by atoms with van der Waals surface area (Å²) in [5, 5.41) is 4.04. The fraction of sp³-hybridized carbons (Fsp3) is 0.417. The average Bonchev–Trinajstić information content (AvgIpc) is 2.36. The third kappa shape index (κ3) is 2.73. The first-order valence-electron chi connectivity index (χ1n) is 5.54. The second-order valence-electron chi connectivity index (χ2n) is 3.18. The molecule has 1 aromatic carbocycles. The van der Waals surface area contributed by atoms with Gasteiger partial charge < -0.3 is 9.51 Å². The van der Waals surface area contributed by atoms with Gasteiger partial charge in [0.25, 0.3) is 0 Å². The zero-order chi connectivity index (χ0) is 12.0. The number of benzene rings is 1. The van der Waals surface area contributed by atoms with Gasteiger partial charge in [-0.15, -0.1) is 0 Å². The summed E-state index contributed by atoms with van der Waals surface area (Å²) < 4.78 is 2.16. The highest BCUT2D eigenvalue weighted by molar-refractivity contribution is 7.19. The predicted octanol–water partition coefficient (Wildman–Crippen LogP) is 3.06. The summed E-state index contributed by atoms with van der Waals surface area (Å²) in [6, 6.07) is 8.22. The van der Waals surface area contributed by atoms with Crippen molar-refractivity contribution in [3.05, 3.63) is 29.8 Å². The van der Waals surface area contributed by atoms with E-state index < -0.39 is 0 Å². The van der Waals surface area contributed by atoms with E-state index in [1.54, 1.807) is 7.11 Å². The van der Waals surface area contributed by atoms with Crippen LogP contribution in [-0.4, -0.2) is 19.4 Å². The lowest BCUT2D eigenvalue weighted by Crippen LogP contribution is -2.24. The monoisotopic (exact) mass is 238 g/mol. The molecule has 0 aliphatic carbocycles. The van der Waals surface area contributed by atoms with Crippen molar-refractivity contribution in [2.45, 2.75) is 20.3 Å². The van der Waals surface area contributed by atoms with Crippen LogP contribution in [0.4, 0.5) is 5.69 Å². The van der Waals surface area contributed by atoms with Gasteiger partial charge in [-0.3, -0.25) is 0 Å². The van der Waals surface area contributed by atoms with Gasteiger partial charge in [-0.2, -0.15) is 0 Å². The summed E-state index contributed by atoms with van der Waals surface area (Å²) >= 11 is 0. The van der Waals surface area contributed by atoms with E-state index >= 15 is 0 Å². The van der Waals surface area contributed by atoms with E-state index in [2.05, 4.69) is 31.3 Å². The molecule has 0 fully saturated rings. The van der Waals surface area contributed by atoms with Crippen LogP contribution >= 0.6 is 9.39 Å². The van der Waals surface area contributed by atoms with E-state index in [0.29, 0.717) is 0 Å². The van der Waals surface area contributed by atoms with Gasteiger partial charge in [0.15, 0.2) is 0 Å². The molecule has 0 saturated heterocycles. The molecule has 0 N–H and O–H groups in total. The normalized spacial score (nSPS) is 16.2. The number of oxime groups is 1. The molecule has 1 aliphatic rings. The summed E-state index contributed by atoms with van der Waals surface area (Å²) in [5.41, 5.74) is 3.39. The first-order chi connectivity index (χ1) is 7.83. The maximum atomic E-state index is 4.84. The molecule has 1 aliphatic heterocycles. The molecule has 0 saturated carbocycles. The summed E-state index contributed by atoms with van der Waals surface area (Å²) in [6.07, 6.45) is 0.925. The number of rotatable bonds is 1. The highest BCUT2D eigenvalue weighted by Crippen LogP contribution is 2.29. The van der Waals surface area contributed by atoms with Crippen LogP contribution in [0.2, 0.25) is 0 Å². The third-order valence-electron chi connectivity index (χ3n) is 2.32. The zero-order valence-electron chi connectivity index (χ0n) is 10.1. The smallest absolute Gasteiger partial charge is 0.106 e. The fourth-order valence-electron chi connectivity index (χ4n) is 1.65. The molecule has 0 aromatic heterocycles. The quantitative estimate of drug-likeness (QED) is 0.555. The highest BCUT2D eigenvalue weighted by atomic mass is 31.0. The van der Waals surface area contributed by atoms with Crippen molar-refractivity contribution < 1.29 is 4.84 Å². The summed E-state index contributed by atoms with van der Waals surface area (Å²) in [4.78, 5) is 4.84. The summed E-state index contributed by atoms with van der Waals surface area (Å²) in [6.45, 7) is 4.96. The van der Waals surface area contributed by atoms with Crippen LogP contribution in [0.15, 0.2) is 29.4 Å². The van der Waals surface area contributed by atoms with Crippen molar-refractivity contribution in [2.24, 2.45) is 5.16 Å². The van der Waals surface area contributed by atoms with Gasteiger partial charge in [0, 0.05) is 24.2 Å². The zero-order valence-corrected chi connectivity index (χ0v) is 11.3. The minimum Gasteiger partial charge on any atom is -0.399 e. The molecule has 0 radical (unpaired) electrons. The van der Waals surface area contributed by atoms with Gasteiger partial charge in [0.1, 0.15) is 7.11 Å². The minimum absolute atomic E-state index is 0.925. The number of para-hydroxylation sites is 1. The lowest BCUT2D eigenvalue weighted by Gasteiger charge is -2.27. The highest BCUT2D eigenvalue weighted by Gasteiger charge is 2.18. The lowest BCUT2D eigenvalue weighted by atomic mass is 10.0. The number of anilines is 1. The van der Waals surface area contributed by atoms with Crippen molar-refractivity contribution in [3.63, 3.8) is 0 Å². The van der Waals surface area contributed by atoms with Crippen molar-refractivity contribution >= 4 is 20.8 Å². The Labute approximate surface area is 99.7 Å². The first kappa shape index (κ1) is 13.0. The molecule has 16 heavy (non-hydrogen) atoms. The molecule has 3 nitrogen and oxygen atoms in total. The molecular formula is C12H19N2OP. The SMILES string of the molecule is CC.CO/N=C1/CCN(P)c2ccccc21. The Morgan fingerprint density at radius 1 is 1.31 bits per heavy atom. The van der Waals surface area contributed by atoms with Crippen LogP contribution in [0.25, 0.3) is 0 Å². The van der Waals surface area contributed by atoms with Crippen LogP contribution in [0.5, 0.6) is 0 Å². The molecule has 4 heteroatoms. The van der Waals surface area contributed by atoms with Crippen molar-refractivity contribution in [2.75, 3.05) is 18.3 Å². The van der Waals surface area contributed by atoms with E-state index in [4.69, 9.17) is 4.84 Å². The van der Waals surface area contributed by atoms with E-state index in [9.17, 15) is 0 Å². The van der Waals surface area contributed by atoms with Gasteiger partial charge >= 0.3 is 0 Å².